The quantitative estimate of drug-likeness (QED) is 0.919. The molecule has 2 heterocycles. The SMILES string of the molecule is CCC1CCCC(c2noc(C3NCC4CCCC43)n2)C1. The standard InChI is InChI=1S/C17H27N3O/c1-2-11-5-3-6-12(9-11)16-19-17(21-20-16)15-14-8-4-7-13(14)10-18-15/h11-15,18H,2-10H2,1H3. The number of hydrogen-bond donors (Lipinski definition) is 1. The first kappa shape index (κ1) is 13.7. The van der Waals surface area contributed by atoms with Crippen molar-refractivity contribution in [2.75, 3.05) is 6.54 Å². The molecule has 4 heteroatoms. The molecule has 116 valence electrons. The lowest BCUT2D eigenvalue weighted by molar-refractivity contribution is 0.286. The van der Waals surface area contributed by atoms with Gasteiger partial charge in [-0.05, 0) is 50.0 Å². The fraction of sp³-hybridized carbons (Fsp3) is 0.882. The lowest BCUT2D eigenvalue weighted by atomic mass is 9.80. The first-order valence-corrected chi connectivity index (χ1v) is 8.92. The fourth-order valence-corrected chi connectivity index (χ4v) is 4.89. The van der Waals surface area contributed by atoms with Crippen LogP contribution in [0.15, 0.2) is 4.52 Å². The van der Waals surface area contributed by atoms with Gasteiger partial charge in [0.1, 0.15) is 0 Å². The van der Waals surface area contributed by atoms with E-state index in [1.54, 1.807) is 0 Å². The van der Waals surface area contributed by atoms with Crippen LogP contribution in [0.25, 0.3) is 0 Å². The van der Waals surface area contributed by atoms with Crippen molar-refractivity contribution in [2.24, 2.45) is 17.8 Å². The molecule has 2 saturated carbocycles. The Morgan fingerprint density at radius 3 is 3.00 bits per heavy atom. The average Bonchev–Trinajstić information content (AvgIpc) is 3.23. The van der Waals surface area contributed by atoms with Gasteiger partial charge in [0.25, 0.3) is 0 Å². The van der Waals surface area contributed by atoms with E-state index >= 15 is 0 Å². The molecule has 5 unspecified atom stereocenters. The molecular formula is C17H27N3O. The van der Waals surface area contributed by atoms with Crippen LogP contribution in [0.3, 0.4) is 0 Å². The van der Waals surface area contributed by atoms with E-state index in [2.05, 4.69) is 17.4 Å². The Balaban J connectivity index is 1.48. The average molecular weight is 289 g/mol. The van der Waals surface area contributed by atoms with Crippen molar-refractivity contribution in [1.29, 1.82) is 0 Å². The van der Waals surface area contributed by atoms with Crippen LogP contribution >= 0.6 is 0 Å². The zero-order valence-electron chi connectivity index (χ0n) is 13.1. The van der Waals surface area contributed by atoms with Crippen molar-refractivity contribution < 1.29 is 4.52 Å². The van der Waals surface area contributed by atoms with E-state index < -0.39 is 0 Å². The topological polar surface area (TPSA) is 51.0 Å². The predicted molar refractivity (Wildman–Crippen MR) is 80.9 cm³/mol. The Bertz CT molecular complexity index is 486. The minimum Gasteiger partial charge on any atom is -0.338 e. The van der Waals surface area contributed by atoms with Gasteiger partial charge in [-0.15, -0.1) is 0 Å². The molecule has 1 aromatic heterocycles. The molecule has 4 nitrogen and oxygen atoms in total. The van der Waals surface area contributed by atoms with E-state index in [-0.39, 0.29) is 0 Å². The first-order valence-electron chi connectivity index (χ1n) is 8.92. The number of aromatic nitrogens is 2. The number of nitrogens with one attached hydrogen (secondary N) is 1. The van der Waals surface area contributed by atoms with E-state index in [0.717, 1.165) is 36.0 Å². The molecule has 1 N–H and O–H groups in total. The summed E-state index contributed by atoms with van der Waals surface area (Å²) >= 11 is 0. The second kappa shape index (κ2) is 5.71. The van der Waals surface area contributed by atoms with E-state index in [4.69, 9.17) is 9.51 Å². The molecule has 5 atom stereocenters. The molecule has 1 aromatic rings. The lowest BCUT2D eigenvalue weighted by Gasteiger charge is -2.26. The third-order valence-corrected chi connectivity index (χ3v) is 6.19. The van der Waals surface area contributed by atoms with Crippen LogP contribution in [-0.2, 0) is 0 Å². The summed E-state index contributed by atoms with van der Waals surface area (Å²) in [5.74, 6) is 4.79. The van der Waals surface area contributed by atoms with E-state index in [0.29, 0.717) is 12.0 Å². The molecule has 4 rings (SSSR count). The van der Waals surface area contributed by atoms with Gasteiger partial charge in [0.2, 0.25) is 5.89 Å². The third-order valence-electron chi connectivity index (χ3n) is 6.19. The highest BCUT2D eigenvalue weighted by molar-refractivity contribution is 5.06. The molecule has 3 aliphatic rings. The van der Waals surface area contributed by atoms with Crippen LogP contribution in [-0.4, -0.2) is 16.7 Å². The van der Waals surface area contributed by atoms with Gasteiger partial charge in [0.15, 0.2) is 5.82 Å². The van der Waals surface area contributed by atoms with Gasteiger partial charge >= 0.3 is 0 Å². The third kappa shape index (κ3) is 2.52. The van der Waals surface area contributed by atoms with Crippen LogP contribution in [0.4, 0.5) is 0 Å². The van der Waals surface area contributed by atoms with E-state index in [1.807, 2.05) is 0 Å². The summed E-state index contributed by atoms with van der Waals surface area (Å²) in [6, 6.07) is 0.323. The minimum atomic E-state index is 0.323. The van der Waals surface area contributed by atoms with Crippen molar-refractivity contribution >= 4 is 0 Å². The fourth-order valence-electron chi connectivity index (χ4n) is 4.89. The summed E-state index contributed by atoms with van der Waals surface area (Å²) in [5, 5.41) is 7.96. The molecule has 21 heavy (non-hydrogen) atoms. The molecule has 0 amide bonds. The van der Waals surface area contributed by atoms with Gasteiger partial charge in [-0.3, -0.25) is 0 Å². The molecule has 0 spiro atoms. The first-order chi connectivity index (χ1) is 10.3. The highest BCUT2D eigenvalue weighted by Gasteiger charge is 2.42. The number of rotatable bonds is 3. The van der Waals surface area contributed by atoms with Crippen molar-refractivity contribution in [3.63, 3.8) is 0 Å². The second-order valence-electron chi connectivity index (χ2n) is 7.37. The van der Waals surface area contributed by atoms with Crippen LogP contribution in [0.2, 0.25) is 0 Å². The molecule has 0 bridgehead atoms. The largest absolute Gasteiger partial charge is 0.338 e. The number of fused-ring (bicyclic) bond motifs is 1. The smallest absolute Gasteiger partial charge is 0.244 e. The van der Waals surface area contributed by atoms with Crippen molar-refractivity contribution in [3.05, 3.63) is 11.7 Å². The zero-order chi connectivity index (χ0) is 14.2. The summed E-state index contributed by atoms with van der Waals surface area (Å²) in [7, 11) is 0. The Labute approximate surface area is 127 Å². The van der Waals surface area contributed by atoms with Crippen molar-refractivity contribution in [2.45, 2.75) is 70.3 Å². The molecule has 2 aliphatic carbocycles. The summed E-state index contributed by atoms with van der Waals surface area (Å²) in [6.45, 7) is 3.44. The van der Waals surface area contributed by atoms with Gasteiger partial charge in [0.05, 0.1) is 6.04 Å². The lowest BCUT2D eigenvalue weighted by Crippen LogP contribution is -2.18. The van der Waals surface area contributed by atoms with Gasteiger partial charge in [0, 0.05) is 5.92 Å². The van der Waals surface area contributed by atoms with Gasteiger partial charge in [-0.1, -0.05) is 37.8 Å². The summed E-state index contributed by atoms with van der Waals surface area (Å²) in [5.41, 5.74) is 0. The molecule has 3 fully saturated rings. The Morgan fingerprint density at radius 2 is 2.10 bits per heavy atom. The Hall–Kier alpha value is -0.900. The van der Waals surface area contributed by atoms with Crippen LogP contribution in [0.5, 0.6) is 0 Å². The number of hydrogen-bond acceptors (Lipinski definition) is 4. The molecular weight excluding hydrogens is 262 g/mol. The zero-order valence-corrected chi connectivity index (χ0v) is 13.1. The van der Waals surface area contributed by atoms with Crippen LogP contribution in [0, 0.1) is 17.8 Å². The predicted octanol–water partition coefficient (Wildman–Crippen LogP) is 3.81. The van der Waals surface area contributed by atoms with Gasteiger partial charge in [-0.25, -0.2) is 0 Å². The second-order valence-corrected chi connectivity index (χ2v) is 7.37. The van der Waals surface area contributed by atoms with Gasteiger partial charge in [-0.2, -0.15) is 4.98 Å². The maximum absolute atomic E-state index is 5.66. The molecule has 1 aliphatic heterocycles. The monoisotopic (exact) mass is 289 g/mol. The van der Waals surface area contributed by atoms with E-state index in [9.17, 15) is 0 Å². The minimum absolute atomic E-state index is 0.323. The maximum Gasteiger partial charge on any atom is 0.244 e. The highest BCUT2D eigenvalue weighted by Crippen LogP contribution is 2.44. The Kier molecular flexibility index (Phi) is 3.74. The maximum atomic E-state index is 5.66. The summed E-state index contributed by atoms with van der Waals surface area (Å²) < 4.78 is 5.66. The highest BCUT2D eigenvalue weighted by atomic mass is 16.5. The summed E-state index contributed by atoms with van der Waals surface area (Å²) in [4.78, 5) is 4.80. The molecule has 1 saturated heterocycles. The molecule has 0 radical (unpaired) electrons. The van der Waals surface area contributed by atoms with Crippen molar-refractivity contribution in [3.8, 4) is 0 Å². The van der Waals surface area contributed by atoms with Gasteiger partial charge < -0.3 is 9.84 Å². The van der Waals surface area contributed by atoms with E-state index in [1.165, 1.54) is 51.4 Å². The Morgan fingerprint density at radius 1 is 1.19 bits per heavy atom. The van der Waals surface area contributed by atoms with Crippen LogP contribution < -0.4 is 5.32 Å². The summed E-state index contributed by atoms with van der Waals surface area (Å²) in [6.07, 6.45) is 10.5. The molecule has 0 aromatic carbocycles. The van der Waals surface area contributed by atoms with Crippen LogP contribution in [0.1, 0.15) is 82.0 Å². The van der Waals surface area contributed by atoms with Crippen molar-refractivity contribution in [1.82, 2.24) is 15.5 Å². The normalized spacial score (nSPS) is 39.6. The number of nitrogens with zero attached hydrogens (tertiary/aromatic N) is 2.